The van der Waals surface area contributed by atoms with E-state index in [2.05, 4.69) is 16.6 Å². The SMILES string of the molecule is Cc1ccc(S(=O)(=O)NCCC#CC2CN2S(=O)(=O)c2ccc(C)cc2)cc1. The fraction of sp³-hybridized carbons (Fsp3) is 0.300. The lowest BCUT2D eigenvalue weighted by atomic mass is 10.2. The molecule has 148 valence electrons. The van der Waals surface area contributed by atoms with Gasteiger partial charge in [0.05, 0.1) is 15.8 Å². The van der Waals surface area contributed by atoms with Gasteiger partial charge in [0.15, 0.2) is 0 Å². The van der Waals surface area contributed by atoms with Crippen molar-refractivity contribution in [1.29, 1.82) is 0 Å². The van der Waals surface area contributed by atoms with Gasteiger partial charge in [-0.25, -0.2) is 21.6 Å². The number of benzene rings is 2. The molecule has 1 heterocycles. The number of hydrogen-bond acceptors (Lipinski definition) is 4. The quantitative estimate of drug-likeness (QED) is 0.442. The van der Waals surface area contributed by atoms with Crippen LogP contribution in [0.15, 0.2) is 58.3 Å². The molecule has 6 nitrogen and oxygen atoms in total. The van der Waals surface area contributed by atoms with Crippen LogP contribution in [0.4, 0.5) is 0 Å². The first-order chi connectivity index (χ1) is 13.2. The smallest absolute Gasteiger partial charge is 0.210 e. The van der Waals surface area contributed by atoms with E-state index in [0.29, 0.717) is 13.0 Å². The van der Waals surface area contributed by atoms with E-state index in [4.69, 9.17) is 0 Å². The van der Waals surface area contributed by atoms with E-state index < -0.39 is 20.0 Å². The lowest BCUT2D eigenvalue weighted by Crippen LogP contribution is -2.24. The van der Waals surface area contributed by atoms with E-state index in [1.807, 2.05) is 13.8 Å². The van der Waals surface area contributed by atoms with E-state index in [1.54, 1.807) is 48.5 Å². The summed E-state index contributed by atoms with van der Waals surface area (Å²) in [6.07, 6.45) is 0.306. The highest BCUT2D eigenvalue weighted by Gasteiger charge is 2.43. The largest absolute Gasteiger partial charge is 0.244 e. The summed E-state index contributed by atoms with van der Waals surface area (Å²) in [5.41, 5.74) is 1.98. The number of nitrogens with one attached hydrogen (secondary N) is 1. The lowest BCUT2D eigenvalue weighted by molar-refractivity contribution is 0.559. The van der Waals surface area contributed by atoms with E-state index in [0.717, 1.165) is 11.1 Å². The number of sulfonamides is 2. The molecule has 2 aromatic rings. The zero-order valence-corrected chi connectivity index (χ0v) is 17.3. The fourth-order valence-electron chi connectivity index (χ4n) is 2.59. The molecule has 1 fully saturated rings. The summed E-state index contributed by atoms with van der Waals surface area (Å²) < 4.78 is 53.1. The molecule has 0 spiro atoms. The topological polar surface area (TPSA) is 83.3 Å². The van der Waals surface area contributed by atoms with Gasteiger partial charge in [0.2, 0.25) is 20.0 Å². The van der Waals surface area contributed by atoms with Gasteiger partial charge in [-0.3, -0.25) is 0 Å². The van der Waals surface area contributed by atoms with Crippen molar-refractivity contribution >= 4 is 20.0 Å². The Balaban J connectivity index is 1.51. The molecule has 1 aliphatic rings. The molecule has 0 aromatic heterocycles. The number of aryl methyl sites for hydroxylation is 2. The highest BCUT2D eigenvalue weighted by atomic mass is 32.2. The van der Waals surface area contributed by atoms with Gasteiger partial charge in [0, 0.05) is 19.5 Å². The molecule has 3 rings (SSSR count). The summed E-state index contributed by atoms with van der Waals surface area (Å²) in [5.74, 6) is 5.75. The van der Waals surface area contributed by atoms with Crippen LogP contribution in [0.3, 0.4) is 0 Å². The minimum Gasteiger partial charge on any atom is -0.210 e. The van der Waals surface area contributed by atoms with Crippen LogP contribution in [-0.2, 0) is 20.0 Å². The van der Waals surface area contributed by atoms with Gasteiger partial charge in [-0.15, -0.1) is 5.92 Å². The summed E-state index contributed by atoms with van der Waals surface area (Å²) in [5, 5.41) is 0. The Morgan fingerprint density at radius 1 is 0.929 bits per heavy atom. The molecule has 0 radical (unpaired) electrons. The maximum absolute atomic E-state index is 12.5. The van der Waals surface area contributed by atoms with Gasteiger partial charge in [-0.05, 0) is 38.1 Å². The van der Waals surface area contributed by atoms with E-state index >= 15 is 0 Å². The summed E-state index contributed by atoms with van der Waals surface area (Å²) in [6, 6.07) is 13.0. The third kappa shape index (κ3) is 4.80. The average molecular weight is 419 g/mol. The molecule has 0 amide bonds. The molecular weight excluding hydrogens is 396 g/mol. The van der Waals surface area contributed by atoms with Crippen LogP contribution in [0.5, 0.6) is 0 Å². The van der Waals surface area contributed by atoms with Crippen molar-refractivity contribution in [2.24, 2.45) is 0 Å². The van der Waals surface area contributed by atoms with Crippen molar-refractivity contribution < 1.29 is 16.8 Å². The number of nitrogens with zero attached hydrogens (tertiary/aromatic N) is 1. The van der Waals surface area contributed by atoms with Crippen molar-refractivity contribution in [3.63, 3.8) is 0 Å². The minimum absolute atomic E-state index is 0.167. The summed E-state index contributed by atoms with van der Waals surface area (Å²) >= 11 is 0. The summed E-state index contributed by atoms with van der Waals surface area (Å²) in [7, 11) is -7.08. The molecule has 1 N–H and O–H groups in total. The maximum Gasteiger partial charge on any atom is 0.244 e. The molecule has 2 aromatic carbocycles. The zero-order valence-electron chi connectivity index (χ0n) is 15.7. The third-order valence-electron chi connectivity index (χ3n) is 4.34. The van der Waals surface area contributed by atoms with Gasteiger partial charge in [0.1, 0.15) is 0 Å². The molecule has 0 aliphatic carbocycles. The molecule has 0 saturated carbocycles. The summed E-state index contributed by atoms with van der Waals surface area (Å²) in [6.45, 7) is 4.31. The van der Waals surface area contributed by atoms with Crippen molar-refractivity contribution in [1.82, 2.24) is 9.03 Å². The molecule has 8 heteroatoms. The van der Waals surface area contributed by atoms with Gasteiger partial charge in [0.25, 0.3) is 0 Å². The highest BCUT2D eigenvalue weighted by molar-refractivity contribution is 7.89. The van der Waals surface area contributed by atoms with Crippen LogP contribution in [-0.4, -0.2) is 40.3 Å². The summed E-state index contributed by atoms with van der Waals surface area (Å²) in [4.78, 5) is 0.469. The Morgan fingerprint density at radius 3 is 2.04 bits per heavy atom. The second-order valence-corrected chi connectivity index (χ2v) is 10.3. The van der Waals surface area contributed by atoms with Crippen molar-refractivity contribution in [3.8, 4) is 11.8 Å². The second kappa shape index (κ2) is 8.05. The number of rotatable bonds is 6. The fourth-order valence-corrected chi connectivity index (χ4v) is 5.10. The zero-order chi connectivity index (χ0) is 20.4. The van der Waals surface area contributed by atoms with Crippen LogP contribution in [0.25, 0.3) is 0 Å². The predicted molar refractivity (Wildman–Crippen MR) is 108 cm³/mol. The lowest BCUT2D eigenvalue weighted by Gasteiger charge is -2.05. The van der Waals surface area contributed by atoms with Gasteiger partial charge >= 0.3 is 0 Å². The van der Waals surface area contributed by atoms with Gasteiger partial charge < -0.3 is 0 Å². The van der Waals surface area contributed by atoms with Gasteiger partial charge in [-0.2, -0.15) is 4.31 Å². The minimum atomic E-state index is -3.56. The molecule has 28 heavy (non-hydrogen) atoms. The molecule has 2 atom stereocenters. The van der Waals surface area contributed by atoms with Crippen LogP contribution in [0.2, 0.25) is 0 Å². The molecular formula is C20H22N2O4S2. The van der Waals surface area contributed by atoms with Crippen molar-refractivity contribution in [2.75, 3.05) is 13.1 Å². The van der Waals surface area contributed by atoms with Crippen LogP contribution >= 0.6 is 0 Å². The third-order valence-corrected chi connectivity index (χ3v) is 7.70. The van der Waals surface area contributed by atoms with Crippen LogP contribution in [0.1, 0.15) is 17.5 Å². The Bertz CT molecular complexity index is 1110. The molecule has 2 unspecified atom stereocenters. The highest BCUT2D eigenvalue weighted by Crippen LogP contribution is 2.27. The van der Waals surface area contributed by atoms with E-state index in [1.165, 1.54) is 4.31 Å². The van der Waals surface area contributed by atoms with Crippen LogP contribution < -0.4 is 4.72 Å². The first kappa shape index (κ1) is 20.6. The Morgan fingerprint density at radius 2 is 1.46 bits per heavy atom. The van der Waals surface area contributed by atoms with E-state index in [-0.39, 0.29) is 22.4 Å². The van der Waals surface area contributed by atoms with Crippen molar-refractivity contribution in [3.05, 3.63) is 59.7 Å². The second-order valence-electron chi connectivity index (χ2n) is 6.69. The Hall–Kier alpha value is -2.18. The Kier molecular flexibility index (Phi) is 5.91. The van der Waals surface area contributed by atoms with E-state index in [9.17, 15) is 16.8 Å². The first-order valence-corrected chi connectivity index (χ1v) is 11.8. The average Bonchev–Trinajstić information content (AvgIpc) is 3.42. The molecule has 1 aliphatic heterocycles. The van der Waals surface area contributed by atoms with Gasteiger partial charge in [-0.1, -0.05) is 41.3 Å². The molecule has 1 saturated heterocycles. The predicted octanol–water partition coefficient (Wildman–Crippen LogP) is 2.05. The maximum atomic E-state index is 12.5. The first-order valence-electron chi connectivity index (χ1n) is 8.83. The van der Waals surface area contributed by atoms with Crippen molar-refractivity contribution in [2.45, 2.75) is 36.1 Å². The standard InChI is InChI=1S/C20H22N2O4S2/c1-16-6-10-19(11-7-16)27(23,24)21-14-4-3-5-18-15-22(18)28(25,26)20-12-8-17(2)9-13-20/h6-13,18,21H,4,14-15H2,1-2H3. The van der Waals surface area contributed by atoms with Crippen LogP contribution in [0, 0.1) is 25.7 Å². The number of hydrogen-bond donors (Lipinski definition) is 1. The molecule has 0 bridgehead atoms. The monoisotopic (exact) mass is 418 g/mol. The Labute approximate surface area is 166 Å². The normalized spacial score (nSPS) is 18.9.